The lowest BCUT2D eigenvalue weighted by atomic mass is 10.2. The molecule has 3 nitrogen and oxygen atoms in total. The Morgan fingerprint density at radius 1 is 1.27 bits per heavy atom. The minimum Gasteiger partial charge on any atom is -0.306 e. The van der Waals surface area contributed by atoms with Crippen molar-refractivity contribution in [1.29, 1.82) is 0 Å². The summed E-state index contributed by atoms with van der Waals surface area (Å²) in [7, 11) is 0. The molecule has 0 atom stereocenters. The number of aromatic nitrogens is 2. The highest BCUT2D eigenvalue weighted by Crippen LogP contribution is 2.14. The molecule has 0 N–H and O–H groups in total. The number of rotatable bonds is 2. The molecule has 3 heteroatoms. The van der Waals surface area contributed by atoms with Crippen LogP contribution in [-0.4, -0.2) is 27.4 Å². The van der Waals surface area contributed by atoms with Crippen LogP contribution >= 0.6 is 0 Å². The van der Waals surface area contributed by atoms with Gasteiger partial charge >= 0.3 is 0 Å². The average molecular weight is 201 g/mol. The Morgan fingerprint density at radius 2 is 2.13 bits per heavy atom. The molecule has 1 saturated heterocycles. The molecule has 2 aromatic heterocycles. The van der Waals surface area contributed by atoms with Crippen LogP contribution in [0.25, 0.3) is 5.52 Å². The van der Waals surface area contributed by atoms with Crippen LogP contribution in [0.3, 0.4) is 0 Å². The predicted molar refractivity (Wildman–Crippen MR) is 59.7 cm³/mol. The zero-order valence-electron chi connectivity index (χ0n) is 8.76. The van der Waals surface area contributed by atoms with E-state index in [1.165, 1.54) is 37.0 Å². The molecule has 0 unspecified atom stereocenters. The summed E-state index contributed by atoms with van der Waals surface area (Å²) >= 11 is 0. The molecule has 1 aliphatic rings. The van der Waals surface area contributed by atoms with Crippen LogP contribution in [0.1, 0.15) is 18.4 Å². The van der Waals surface area contributed by atoms with Crippen molar-refractivity contribution >= 4 is 5.52 Å². The van der Waals surface area contributed by atoms with Crippen LogP contribution < -0.4 is 0 Å². The van der Waals surface area contributed by atoms with Crippen LogP contribution in [0.15, 0.2) is 30.9 Å². The highest BCUT2D eigenvalue weighted by Gasteiger charge is 2.11. The molecule has 0 bridgehead atoms. The summed E-state index contributed by atoms with van der Waals surface area (Å²) in [5, 5.41) is 0. The third kappa shape index (κ3) is 1.75. The van der Waals surface area contributed by atoms with Crippen LogP contribution in [0.4, 0.5) is 0 Å². The molecule has 2 aromatic rings. The predicted octanol–water partition coefficient (Wildman–Crippen LogP) is 1.93. The first-order chi connectivity index (χ1) is 7.42. The Morgan fingerprint density at radius 3 is 3.00 bits per heavy atom. The van der Waals surface area contributed by atoms with Gasteiger partial charge in [0.25, 0.3) is 0 Å². The van der Waals surface area contributed by atoms with Crippen molar-refractivity contribution in [2.75, 3.05) is 13.1 Å². The quantitative estimate of drug-likeness (QED) is 0.740. The molecule has 78 valence electrons. The van der Waals surface area contributed by atoms with E-state index in [2.05, 4.69) is 28.2 Å². The second kappa shape index (κ2) is 3.66. The Balaban J connectivity index is 1.84. The van der Waals surface area contributed by atoms with Gasteiger partial charge in [0.15, 0.2) is 0 Å². The molecule has 0 amide bonds. The largest absolute Gasteiger partial charge is 0.306 e. The molecule has 0 spiro atoms. The van der Waals surface area contributed by atoms with Gasteiger partial charge in [-0.1, -0.05) is 0 Å². The van der Waals surface area contributed by atoms with E-state index < -0.39 is 0 Å². The monoisotopic (exact) mass is 201 g/mol. The number of hydrogen-bond acceptors (Lipinski definition) is 2. The fraction of sp³-hybridized carbons (Fsp3) is 0.417. The summed E-state index contributed by atoms with van der Waals surface area (Å²) in [6, 6.07) is 4.42. The van der Waals surface area contributed by atoms with E-state index >= 15 is 0 Å². The number of pyridine rings is 1. The molecule has 0 aliphatic carbocycles. The first-order valence-corrected chi connectivity index (χ1v) is 5.55. The molecule has 0 saturated carbocycles. The summed E-state index contributed by atoms with van der Waals surface area (Å²) in [4.78, 5) is 6.64. The maximum Gasteiger partial charge on any atom is 0.0991 e. The third-order valence-corrected chi connectivity index (χ3v) is 3.08. The van der Waals surface area contributed by atoms with Crippen molar-refractivity contribution in [3.05, 3.63) is 36.4 Å². The maximum absolute atomic E-state index is 4.12. The molecule has 1 aliphatic heterocycles. The van der Waals surface area contributed by atoms with Crippen molar-refractivity contribution in [2.45, 2.75) is 19.4 Å². The first-order valence-electron chi connectivity index (χ1n) is 5.55. The second-order valence-electron chi connectivity index (χ2n) is 4.24. The SMILES string of the molecule is c1cn2cncc2cc1CN1CCCC1. The van der Waals surface area contributed by atoms with Crippen molar-refractivity contribution in [1.82, 2.24) is 14.3 Å². The number of hydrogen-bond donors (Lipinski definition) is 0. The lowest BCUT2D eigenvalue weighted by Gasteiger charge is -2.14. The van der Waals surface area contributed by atoms with Gasteiger partial charge in [0.2, 0.25) is 0 Å². The van der Waals surface area contributed by atoms with E-state index in [0.29, 0.717) is 0 Å². The number of nitrogens with zero attached hydrogens (tertiary/aromatic N) is 3. The van der Waals surface area contributed by atoms with Gasteiger partial charge in [0, 0.05) is 12.7 Å². The van der Waals surface area contributed by atoms with Crippen molar-refractivity contribution in [3.63, 3.8) is 0 Å². The summed E-state index contributed by atoms with van der Waals surface area (Å²) in [6.45, 7) is 3.59. The van der Waals surface area contributed by atoms with E-state index in [0.717, 1.165) is 6.54 Å². The smallest absolute Gasteiger partial charge is 0.0991 e. The lowest BCUT2D eigenvalue weighted by molar-refractivity contribution is 0.331. The molecule has 0 aromatic carbocycles. The van der Waals surface area contributed by atoms with Crippen LogP contribution in [0.5, 0.6) is 0 Å². The second-order valence-corrected chi connectivity index (χ2v) is 4.24. The molecule has 3 rings (SSSR count). The normalized spacial score (nSPS) is 17.6. The van der Waals surface area contributed by atoms with Gasteiger partial charge in [-0.2, -0.15) is 0 Å². The summed E-state index contributed by atoms with van der Waals surface area (Å²) in [5.41, 5.74) is 2.58. The van der Waals surface area contributed by atoms with Gasteiger partial charge < -0.3 is 4.40 Å². The highest BCUT2D eigenvalue weighted by atomic mass is 15.1. The van der Waals surface area contributed by atoms with Gasteiger partial charge in [-0.3, -0.25) is 4.90 Å². The van der Waals surface area contributed by atoms with Crippen molar-refractivity contribution in [3.8, 4) is 0 Å². The zero-order chi connectivity index (χ0) is 10.1. The number of fused-ring (bicyclic) bond motifs is 1. The van der Waals surface area contributed by atoms with Crippen LogP contribution in [-0.2, 0) is 6.54 Å². The average Bonchev–Trinajstić information content (AvgIpc) is 2.87. The van der Waals surface area contributed by atoms with Gasteiger partial charge in [-0.25, -0.2) is 4.98 Å². The van der Waals surface area contributed by atoms with Crippen LogP contribution in [0.2, 0.25) is 0 Å². The molecular weight excluding hydrogens is 186 g/mol. The van der Waals surface area contributed by atoms with Gasteiger partial charge in [-0.05, 0) is 43.6 Å². The molecule has 15 heavy (non-hydrogen) atoms. The fourth-order valence-corrected chi connectivity index (χ4v) is 2.26. The van der Waals surface area contributed by atoms with E-state index in [4.69, 9.17) is 0 Å². The van der Waals surface area contributed by atoms with Gasteiger partial charge in [0.1, 0.15) is 0 Å². The third-order valence-electron chi connectivity index (χ3n) is 3.08. The van der Waals surface area contributed by atoms with E-state index in [9.17, 15) is 0 Å². The molecule has 1 fully saturated rings. The Labute approximate surface area is 89.3 Å². The fourth-order valence-electron chi connectivity index (χ4n) is 2.26. The minimum absolute atomic E-state index is 1.08. The summed E-state index contributed by atoms with van der Waals surface area (Å²) in [6.07, 6.45) is 8.56. The zero-order valence-corrected chi connectivity index (χ0v) is 8.76. The lowest BCUT2D eigenvalue weighted by Crippen LogP contribution is -2.18. The van der Waals surface area contributed by atoms with E-state index in [-0.39, 0.29) is 0 Å². The maximum atomic E-state index is 4.12. The molecule has 3 heterocycles. The van der Waals surface area contributed by atoms with Crippen molar-refractivity contribution < 1.29 is 0 Å². The minimum atomic E-state index is 1.08. The van der Waals surface area contributed by atoms with Gasteiger partial charge in [0.05, 0.1) is 18.0 Å². The standard InChI is InChI=1S/C12H15N3/c1-2-5-14(4-1)9-11-3-6-15-10-13-8-12(15)7-11/h3,6-8,10H,1-2,4-5,9H2. The number of likely N-dealkylation sites (tertiary alicyclic amines) is 1. The first kappa shape index (κ1) is 8.92. The Bertz CT molecular complexity index is 455. The van der Waals surface area contributed by atoms with E-state index in [1.54, 1.807) is 0 Å². The van der Waals surface area contributed by atoms with Gasteiger partial charge in [-0.15, -0.1) is 0 Å². The van der Waals surface area contributed by atoms with Crippen LogP contribution in [0, 0.1) is 0 Å². The van der Waals surface area contributed by atoms with E-state index in [1.807, 2.05) is 16.9 Å². The Kier molecular flexibility index (Phi) is 2.18. The van der Waals surface area contributed by atoms with Crippen molar-refractivity contribution in [2.24, 2.45) is 0 Å². The topological polar surface area (TPSA) is 20.5 Å². The summed E-state index contributed by atoms with van der Waals surface area (Å²) in [5.74, 6) is 0. The Hall–Kier alpha value is -1.35. The highest BCUT2D eigenvalue weighted by molar-refractivity contribution is 5.46. The molecule has 0 radical (unpaired) electrons. The summed E-state index contributed by atoms with van der Waals surface area (Å²) < 4.78 is 2.05. The molecular formula is C12H15N3. The number of imidazole rings is 1.